The van der Waals surface area contributed by atoms with Crippen LogP contribution in [-0.2, 0) is 4.79 Å². The number of carbonyl (C=O) groups is 1. The van der Waals surface area contributed by atoms with Gasteiger partial charge in [-0.15, -0.1) is 0 Å². The van der Waals surface area contributed by atoms with Gasteiger partial charge in [0.05, 0.1) is 0 Å². The van der Waals surface area contributed by atoms with Gasteiger partial charge < -0.3 is 10.2 Å². The summed E-state index contributed by atoms with van der Waals surface area (Å²) in [6, 6.07) is 0. The molecule has 0 bridgehead atoms. The molecule has 1 N–H and O–H groups in total. The van der Waals surface area contributed by atoms with E-state index >= 15 is 0 Å². The van der Waals surface area contributed by atoms with Crippen LogP contribution < -0.4 is 5.32 Å². The zero-order chi connectivity index (χ0) is 13.4. The van der Waals surface area contributed by atoms with Gasteiger partial charge in [-0.1, -0.05) is 34.3 Å². The SMILES string of the molecule is C=C(C)C(=O)NCCN(CC(C)C)CC(C)C. The van der Waals surface area contributed by atoms with Crippen LogP contribution in [0.4, 0.5) is 0 Å². The molecule has 0 aromatic rings. The van der Waals surface area contributed by atoms with Gasteiger partial charge in [-0.2, -0.15) is 0 Å². The van der Waals surface area contributed by atoms with Crippen LogP contribution in [-0.4, -0.2) is 37.0 Å². The Morgan fingerprint density at radius 3 is 2.00 bits per heavy atom. The second-order valence-electron chi connectivity index (χ2n) is 5.58. The molecule has 0 atom stereocenters. The zero-order valence-corrected chi connectivity index (χ0v) is 12.0. The molecule has 0 heterocycles. The van der Waals surface area contributed by atoms with E-state index in [1.807, 2.05) is 0 Å². The Morgan fingerprint density at radius 1 is 1.18 bits per heavy atom. The molecule has 1 amide bonds. The highest BCUT2D eigenvalue weighted by Crippen LogP contribution is 2.02. The van der Waals surface area contributed by atoms with Crippen molar-refractivity contribution in [3.05, 3.63) is 12.2 Å². The predicted octanol–water partition coefficient (Wildman–Crippen LogP) is 2.29. The predicted molar refractivity (Wildman–Crippen MR) is 73.9 cm³/mol. The summed E-state index contributed by atoms with van der Waals surface area (Å²) >= 11 is 0. The number of rotatable bonds is 8. The van der Waals surface area contributed by atoms with Gasteiger partial charge in [-0.3, -0.25) is 4.79 Å². The first-order chi connectivity index (χ1) is 7.82. The van der Waals surface area contributed by atoms with E-state index in [4.69, 9.17) is 0 Å². The average molecular weight is 240 g/mol. The molecule has 0 aliphatic carbocycles. The zero-order valence-electron chi connectivity index (χ0n) is 12.0. The second-order valence-corrected chi connectivity index (χ2v) is 5.58. The van der Waals surface area contributed by atoms with E-state index in [9.17, 15) is 4.79 Å². The molecule has 0 saturated heterocycles. The third-order valence-corrected chi connectivity index (χ3v) is 2.35. The molecule has 3 nitrogen and oxygen atoms in total. The van der Waals surface area contributed by atoms with Crippen molar-refractivity contribution in [2.75, 3.05) is 26.2 Å². The van der Waals surface area contributed by atoms with E-state index in [0.717, 1.165) is 19.6 Å². The van der Waals surface area contributed by atoms with Crippen LogP contribution in [0, 0.1) is 11.8 Å². The maximum atomic E-state index is 11.3. The number of nitrogens with one attached hydrogen (secondary N) is 1. The van der Waals surface area contributed by atoms with Crippen LogP contribution in [0.15, 0.2) is 12.2 Å². The Hall–Kier alpha value is -0.830. The van der Waals surface area contributed by atoms with E-state index < -0.39 is 0 Å². The lowest BCUT2D eigenvalue weighted by Crippen LogP contribution is -2.38. The monoisotopic (exact) mass is 240 g/mol. The maximum Gasteiger partial charge on any atom is 0.246 e. The van der Waals surface area contributed by atoms with E-state index in [0.29, 0.717) is 24.0 Å². The molecule has 0 aliphatic rings. The van der Waals surface area contributed by atoms with Crippen molar-refractivity contribution in [3.8, 4) is 0 Å². The van der Waals surface area contributed by atoms with Gasteiger partial charge in [0.15, 0.2) is 0 Å². The first kappa shape index (κ1) is 16.2. The van der Waals surface area contributed by atoms with Crippen LogP contribution >= 0.6 is 0 Å². The van der Waals surface area contributed by atoms with Gasteiger partial charge in [0, 0.05) is 31.8 Å². The number of amides is 1. The largest absolute Gasteiger partial charge is 0.351 e. The molecule has 0 spiro atoms. The van der Waals surface area contributed by atoms with Gasteiger partial charge in [-0.05, 0) is 18.8 Å². The van der Waals surface area contributed by atoms with Crippen LogP contribution in [0.1, 0.15) is 34.6 Å². The summed E-state index contributed by atoms with van der Waals surface area (Å²) < 4.78 is 0. The molecule has 0 radical (unpaired) electrons. The van der Waals surface area contributed by atoms with Crippen molar-refractivity contribution in [2.24, 2.45) is 11.8 Å². The number of nitrogens with zero attached hydrogens (tertiary/aromatic N) is 1. The summed E-state index contributed by atoms with van der Waals surface area (Å²) in [4.78, 5) is 13.8. The lowest BCUT2D eigenvalue weighted by Gasteiger charge is -2.26. The fraction of sp³-hybridized carbons (Fsp3) is 0.786. The Balaban J connectivity index is 3.98. The molecule has 0 aromatic carbocycles. The summed E-state index contributed by atoms with van der Waals surface area (Å²) in [6.07, 6.45) is 0. The number of hydrogen-bond acceptors (Lipinski definition) is 2. The summed E-state index contributed by atoms with van der Waals surface area (Å²) in [5, 5.41) is 2.88. The molecule has 0 unspecified atom stereocenters. The highest BCUT2D eigenvalue weighted by molar-refractivity contribution is 5.92. The van der Waals surface area contributed by atoms with Crippen molar-refractivity contribution in [1.82, 2.24) is 10.2 Å². The first-order valence-electron chi connectivity index (χ1n) is 6.49. The fourth-order valence-electron chi connectivity index (χ4n) is 1.77. The summed E-state index contributed by atoms with van der Waals surface area (Å²) in [5.41, 5.74) is 0.573. The van der Waals surface area contributed by atoms with E-state index in [2.05, 4.69) is 44.5 Å². The molecule has 0 aromatic heterocycles. The van der Waals surface area contributed by atoms with Crippen LogP contribution in [0.25, 0.3) is 0 Å². The summed E-state index contributed by atoms with van der Waals surface area (Å²) in [7, 11) is 0. The molecule has 100 valence electrons. The molecular formula is C14H28N2O. The summed E-state index contributed by atoms with van der Waals surface area (Å²) in [6.45, 7) is 18.0. The van der Waals surface area contributed by atoms with Crippen molar-refractivity contribution in [2.45, 2.75) is 34.6 Å². The smallest absolute Gasteiger partial charge is 0.246 e. The lowest BCUT2D eigenvalue weighted by atomic mass is 10.1. The minimum absolute atomic E-state index is 0.0426. The van der Waals surface area contributed by atoms with E-state index in [-0.39, 0.29) is 5.91 Å². The normalized spacial score (nSPS) is 11.3. The van der Waals surface area contributed by atoms with Crippen molar-refractivity contribution < 1.29 is 4.79 Å². The first-order valence-corrected chi connectivity index (χ1v) is 6.49. The minimum Gasteiger partial charge on any atom is -0.351 e. The molecule has 0 aliphatic heterocycles. The van der Waals surface area contributed by atoms with Gasteiger partial charge in [0.1, 0.15) is 0 Å². The molecule has 17 heavy (non-hydrogen) atoms. The summed E-state index contributed by atoms with van der Waals surface area (Å²) in [5.74, 6) is 1.27. The number of hydrogen-bond donors (Lipinski definition) is 1. The van der Waals surface area contributed by atoms with E-state index in [1.165, 1.54) is 0 Å². The molecule has 0 fully saturated rings. The van der Waals surface area contributed by atoms with Crippen molar-refractivity contribution in [3.63, 3.8) is 0 Å². The quantitative estimate of drug-likeness (QED) is 0.660. The Morgan fingerprint density at radius 2 is 1.65 bits per heavy atom. The average Bonchev–Trinajstić information content (AvgIpc) is 2.14. The van der Waals surface area contributed by atoms with Gasteiger partial charge in [0.25, 0.3) is 0 Å². The highest BCUT2D eigenvalue weighted by atomic mass is 16.1. The molecular weight excluding hydrogens is 212 g/mol. The topological polar surface area (TPSA) is 32.3 Å². The third-order valence-electron chi connectivity index (χ3n) is 2.35. The minimum atomic E-state index is -0.0426. The third kappa shape index (κ3) is 8.93. The van der Waals surface area contributed by atoms with Crippen LogP contribution in [0.2, 0.25) is 0 Å². The fourth-order valence-corrected chi connectivity index (χ4v) is 1.77. The molecule has 3 heteroatoms. The number of carbonyl (C=O) groups excluding carboxylic acids is 1. The van der Waals surface area contributed by atoms with Crippen molar-refractivity contribution in [1.29, 1.82) is 0 Å². The Kier molecular flexibility index (Phi) is 7.88. The van der Waals surface area contributed by atoms with Gasteiger partial charge >= 0.3 is 0 Å². The Bertz CT molecular complexity index is 237. The van der Waals surface area contributed by atoms with Crippen LogP contribution in [0.5, 0.6) is 0 Å². The van der Waals surface area contributed by atoms with Gasteiger partial charge in [0.2, 0.25) is 5.91 Å². The Labute approximate surface area is 106 Å². The second kappa shape index (κ2) is 8.29. The maximum absolute atomic E-state index is 11.3. The molecule has 0 saturated carbocycles. The van der Waals surface area contributed by atoms with Crippen molar-refractivity contribution >= 4 is 5.91 Å². The van der Waals surface area contributed by atoms with Crippen LogP contribution in [0.3, 0.4) is 0 Å². The standard InChI is InChI=1S/C14H28N2O/c1-11(2)9-16(10-12(3)4)8-7-15-14(17)13(5)6/h11-12H,5,7-10H2,1-4,6H3,(H,15,17). The lowest BCUT2D eigenvalue weighted by molar-refractivity contribution is -0.117. The molecule has 0 rings (SSSR count). The highest BCUT2D eigenvalue weighted by Gasteiger charge is 2.09. The van der Waals surface area contributed by atoms with Gasteiger partial charge in [-0.25, -0.2) is 0 Å². The van der Waals surface area contributed by atoms with E-state index in [1.54, 1.807) is 6.92 Å².